The van der Waals surface area contributed by atoms with Gasteiger partial charge in [0.1, 0.15) is 12.1 Å². The molecular weight excluding hydrogens is 254 g/mol. The van der Waals surface area contributed by atoms with Gasteiger partial charge in [0.05, 0.1) is 0 Å². The lowest BCUT2D eigenvalue weighted by Crippen LogP contribution is -2.47. The maximum atomic E-state index is 12.4. The molecule has 0 spiro atoms. The first kappa shape index (κ1) is 13.1. The average Bonchev–Trinajstić information content (AvgIpc) is 2.78. The van der Waals surface area contributed by atoms with Crippen molar-refractivity contribution >= 4 is 11.8 Å². The molecule has 2 unspecified atom stereocenters. The Balaban J connectivity index is 1.74. The highest BCUT2D eigenvalue weighted by atomic mass is 16.2. The third-order valence-electron chi connectivity index (χ3n) is 4.12. The fourth-order valence-corrected chi connectivity index (χ4v) is 2.95. The predicted molar refractivity (Wildman–Crippen MR) is 75.1 cm³/mol. The highest BCUT2D eigenvalue weighted by Crippen LogP contribution is 2.23. The Hall–Kier alpha value is -1.88. The largest absolute Gasteiger partial charge is 0.344 e. The first-order valence-electron chi connectivity index (χ1n) is 7.03. The topological polar surface area (TPSA) is 61.4 Å². The van der Waals surface area contributed by atoms with E-state index < -0.39 is 0 Å². The fourth-order valence-electron chi connectivity index (χ4n) is 2.95. The van der Waals surface area contributed by atoms with E-state index in [-0.39, 0.29) is 23.9 Å². The zero-order valence-electron chi connectivity index (χ0n) is 11.6. The molecule has 2 N–H and O–H groups in total. The SMILES string of the molecule is CN1CCC(NC(=O)C2NCCc3ccccc32)C1=O. The van der Waals surface area contributed by atoms with Crippen molar-refractivity contribution in [3.63, 3.8) is 0 Å². The Labute approximate surface area is 118 Å². The van der Waals surface area contributed by atoms with Crippen LogP contribution in [0.25, 0.3) is 0 Å². The van der Waals surface area contributed by atoms with Gasteiger partial charge in [-0.15, -0.1) is 0 Å². The van der Waals surface area contributed by atoms with Crippen LogP contribution in [0.15, 0.2) is 24.3 Å². The van der Waals surface area contributed by atoms with E-state index in [0.717, 1.165) is 18.5 Å². The first-order valence-corrected chi connectivity index (χ1v) is 7.03. The number of nitrogens with one attached hydrogen (secondary N) is 2. The normalized spacial score (nSPS) is 25.4. The van der Waals surface area contributed by atoms with Gasteiger partial charge in [-0.05, 0) is 24.0 Å². The van der Waals surface area contributed by atoms with Crippen molar-refractivity contribution in [3.8, 4) is 0 Å². The third kappa shape index (κ3) is 2.29. The van der Waals surface area contributed by atoms with E-state index in [9.17, 15) is 9.59 Å². The van der Waals surface area contributed by atoms with Crippen molar-refractivity contribution in [3.05, 3.63) is 35.4 Å². The number of hydrogen-bond donors (Lipinski definition) is 2. The van der Waals surface area contributed by atoms with Gasteiger partial charge in [0.2, 0.25) is 11.8 Å². The molecule has 1 saturated heterocycles. The summed E-state index contributed by atoms with van der Waals surface area (Å²) in [6.45, 7) is 1.49. The number of fused-ring (bicyclic) bond motifs is 1. The summed E-state index contributed by atoms with van der Waals surface area (Å²) in [6.07, 6.45) is 1.63. The van der Waals surface area contributed by atoms with Crippen LogP contribution in [0.4, 0.5) is 0 Å². The smallest absolute Gasteiger partial charge is 0.244 e. The number of amides is 2. The van der Waals surface area contributed by atoms with Gasteiger partial charge in [-0.25, -0.2) is 0 Å². The Morgan fingerprint density at radius 3 is 2.95 bits per heavy atom. The van der Waals surface area contributed by atoms with Crippen LogP contribution in [0.3, 0.4) is 0 Å². The molecule has 0 saturated carbocycles. The van der Waals surface area contributed by atoms with E-state index in [1.54, 1.807) is 11.9 Å². The van der Waals surface area contributed by atoms with E-state index in [2.05, 4.69) is 16.7 Å². The fraction of sp³-hybridized carbons (Fsp3) is 0.467. The minimum atomic E-state index is -0.372. The molecule has 5 nitrogen and oxygen atoms in total. The second kappa shape index (κ2) is 5.25. The Kier molecular flexibility index (Phi) is 3.44. The van der Waals surface area contributed by atoms with Gasteiger partial charge in [0, 0.05) is 20.1 Å². The van der Waals surface area contributed by atoms with Crippen molar-refractivity contribution in [2.45, 2.75) is 24.9 Å². The molecule has 0 bridgehead atoms. The standard InChI is InChI=1S/C15H19N3O2/c1-18-9-7-12(15(18)20)17-14(19)13-11-5-3-2-4-10(11)6-8-16-13/h2-5,12-13,16H,6-9H2,1H3,(H,17,19). The number of nitrogens with zero attached hydrogens (tertiary/aromatic N) is 1. The Morgan fingerprint density at radius 1 is 1.40 bits per heavy atom. The van der Waals surface area contributed by atoms with Crippen LogP contribution in [0.1, 0.15) is 23.6 Å². The van der Waals surface area contributed by atoms with Crippen LogP contribution in [0.5, 0.6) is 0 Å². The zero-order valence-corrected chi connectivity index (χ0v) is 11.6. The average molecular weight is 273 g/mol. The lowest BCUT2D eigenvalue weighted by molar-refractivity contribution is -0.132. The summed E-state index contributed by atoms with van der Waals surface area (Å²) >= 11 is 0. The maximum absolute atomic E-state index is 12.4. The van der Waals surface area contributed by atoms with Gasteiger partial charge >= 0.3 is 0 Å². The van der Waals surface area contributed by atoms with Gasteiger partial charge in [0.25, 0.3) is 0 Å². The Bertz CT molecular complexity index is 544. The summed E-state index contributed by atoms with van der Waals surface area (Å²) in [5.74, 6) is -0.103. The molecule has 2 amide bonds. The number of likely N-dealkylation sites (tertiary alicyclic amines) is 1. The zero-order chi connectivity index (χ0) is 14.1. The summed E-state index contributed by atoms with van der Waals surface area (Å²) < 4.78 is 0. The molecule has 2 heterocycles. The van der Waals surface area contributed by atoms with E-state index in [4.69, 9.17) is 0 Å². The van der Waals surface area contributed by atoms with E-state index >= 15 is 0 Å². The molecule has 0 aliphatic carbocycles. The molecular formula is C15H19N3O2. The Morgan fingerprint density at radius 2 is 2.20 bits per heavy atom. The molecule has 20 heavy (non-hydrogen) atoms. The van der Waals surface area contributed by atoms with Gasteiger partial charge in [-0.3, -0.25) is 9.59 Å². The summed E-state index contributed by atoms with van der Waals surface area (Å²) in [6, 6.07) is 7.26. The molecule has 2 aliphatic heterocycles. The second-order valence-electron chi connectivity index (χ2n) is 5.45. The minimum Gasteiger partial charge on any atom is -0.344 e. The van der Waals surface area contributed by atoms with Crippen LogP contribution >= 0.6 is 0 Å². The number of likely N-dealkylation sites (N-methyl/N-ethyl adjacent to an activating group) is 1. The molecule has 2 atom stereocenters. The maximum Gasteiger partial charge on any atom is 0.244 e. The van der Waals surface area contributed by atoms with Crippen LogP contribution in [-0.4, -0.2) is 42.9 Å². The first-order chi connectivity index (χ1) is 9.66. The number of hydrogen-bond acceptors (Lipinski definition) is 3. The lowest BCUT2D eigenvalue weighted by Gasteiger charge is -2.27. The summed E-state index contributed by atoms with van der Waals surface area (Å²) in [7, 11) is 1.77. The summed E-state index contributed by atoms with van der Waals surface area (Å²) in [4.78, 5) is 25.9. The van der Waals surface area contributed by atoms with E-state index in [1.165, 1.54) is 5.56 Å². The van der Waals surface area contributed by atoms with Crippen LogP contribution < -0.4 is 10.6 Å². The van der Waals surface area contributed by atoms with Crippen LogP contribution in [0, 0.1) is 0 Å². The molecule has 0 radical (unpaired) electrons. The number of carbonyl (C=O) groups excluding carboxylic acids is 2. The van der Waals surface area contributed by atoms with Crippen LogP contribution in [-0.2, 0) is 16.0 Å². The molecule has 1 aromatic rings. The number of benzene rings is 1. The van der Waals surface area contributed by atoms with Crippen molar-refractivity contribution in [2.24, 2.45) is 0 Å². The highest BCUT2D eigenvalue weighted by molar-refractivity contribution is 5.91. The van der Waals surface area contributed by atoms with Gasteiger partial charge < -0.3 is 15.5 Å². The molecule has 1 fully saturated rings. The molecule has 2 aliphatic rings. The van der Waals surface area contributed by atoms with Crippen molar-refractivity contribution in [2.75, 3.05) is 20.1 Å². The number of carbonyl (C=O) groups is 2. The quantitative estimate of drug-likeness (QED) is 0.810. The molecule has 0 aromatic heterocycles. The summed E-state index contributed by atoms with van der Waals surface area (Å²) in [5, 5.41) is 6.12. The summed E-state index contributed by atoms with van der Waals surface area (Å²) in [5.41, 5.74) is 2.23. The number of rotatable bonds is 2. The van der Waals surface area contributed by atoms with Crippen molar-refractivity contribution in [1.29, 1.82) is 0 Å². The molecule has 5 heteroatoms. The highest BCUT2D eigenvalue weighted by Gasteiger charge is 2.33. The second-order valence-corrected chi connectivity index (χ2v) is 5.45. The van der Waals surface area contributed by atoms with Crippen LogP contribution in [0.2, 0.25) is 0 Å². The minimum absolute atomic E-state index is 0.00226. The molecule has 3 rings (SSSR count). The lowest BCUT2D eigenvalue weighted by atomic mass is 9.94. The van der Waals surface area contributed by atoms with Crippen molar-refractivity contribution < 1.29 is 9.59 Å². The van der Waals surface area contributed by atoms with Crippen molar-refractivity contribution in [1.82, 2.24) is 15.5 Å². The third-order valence-corrected chi connectivity index (χ3v) is 4.12. The van der Waals surface area contributed by atoms with E-state index in [1.807, 2.05) is 18.2 Å². The van der Waals surface area contributed by atoms with E-state index in [0.29, 0.717) is 13.0 Å². The predicted octanol–water partition coefficient (Wildman–Crippen LogP) is 0.220. The van der Waals surface area contributed by atoms with Gasteiger partial charge in [0.15, 0.2) is 0 Å². The monoisotopic (exact) mass is 273 g/mol. The van der Waals surface area contributed by atoms with Gasteiger partial charge in [-0.2, -0.15) is 0 Å². The van der Waals surface area contributed by atoms with Gasteiger partial charge in [-0.1, -0.05) is 24.3 Å². The molecule has 106 valence electrons. The molecule has 1 aromatic carbocycles.